The highest BCUT2D eigenvalue weighted by Gasteiger charge is 2.16. The first-order valence-corrected chi connectivity index (χ1v) is 9.05. The number of hydrogen-bond donors (Lipinski definition) is 1. The van der Waals surface area contributed by atoms with E-state index in [0.29, 0.717) is 33.5 Å². The topological polar surface area (TPSA) is 90.1 Å². The van der Waals surface area contributed by atoms with Crippen LogP contribution in [0.4, 0.5) is 11.5 Å². The molecule has 1 aromatic heterocycles. The first-order valence-electron chi connectivity index (χ1n) is 8.30. The van der Waals surface area contributed by atoms with E-state index in [1.807, 2.05) is 6.92 Å². The van der Waals surface area contributed by atoms with Crippen LogP contribution in [0.2, 0.25) is 10.0 Å². The monoisotopic (exact) mass is 418 g/mol. The number of nitrogens with one attached hydrogen (secondary N) is 1. The number of nitrogens with zero attached hydrogens (tertiary/aromatic N) is 3. The number of aromatic nitrogens is 2. The van der Waals surface area contributed by atoms with E-state index in [4.69, 9.17) is 23.2 Å². The number of halogens is 2. The van der Waals surface area contributed by atoms with Crippen molar-refractivity contribution in [2.45, 2.75) is 20.4 Å². The molecule has 1 N–H and O–H groups in total. The van der Waals surface area contributed by atoms with E-state index in [-0.39, 0.29) is 5.69 Å². The summed E-state index contributed by atoms with van der Waals surface area (Å²) in [4.78, 5) is 22.9. The number of anilines is 1. The Kier molecular flexibility index (Phi) is 5.67. The number of amides is 1. The van der Waals surface area contributed by atoms with Gasteiger partial charge < -0.3 is 5.32 Å². The van der Waals surface area contributed by atoms with Gasteiger partial charge in [0.1, 0.15) is 0 Å². The molecule has 0 aliphatic rings. The average molecular weight is 419 g/mol. The van der Waals surface area contributed by atoms with E-state index >= 15 is 0 Å². The minimum atomic E-state index is -0.484. The Bertz CT molecular complexity index is 1060. The molecule has 1 heterocycles. The molecule has 0 fully saturated rings. The van der Waals surface area contributed by atoms with Crippen molar-refractivity contribution >= 4 is 40.6 Å². The number of carbonyl (C=O) groups is 1. The number of carbonyl (C=O) groups excluding carboxylic acids is 1. The molecule has 0 aliphatic carbocycles. The lowest BCUT2D eigenvalue weighted by Crippen LogP contribution is -2.13. The highest BCUT2D eigenvalue weighted by molar-refractivity contribution is 6.35. The van der Waals surface area contributed by atoms with E-state index in [2.05, 4.69) is 10.4 Å². The van der Waals surface area contributed by atoms with E-state index in [1.54, 1.807) is 35.9 Å². The van der Waals surface area contributed by atoms with Gasteiger partial charge in [0, 0.05) is 44.6 Å². The second-order valence-electron chi connectivity index (χ2n) is 6.24. The summed E-state index contributed by atoms with van der Waals surface area (Å²) in [5.41, 5.74) is 2.23. The van der Waals surface area contributed by atoms with Gasteiger partial charge in [0.15, 0.2) is 5.82 Å². The molecule has 2 aromatic carbocycles. The zero-order chi connectivity index (χ0) is 20.4. The number of nitro groups is 1. The van der Waals surface area contributed by atoms with Crippen LogP contribution in [0.15, 0.2) is 42.5 Å². The maximum absolute atomic E-state index is 12.5. The zero-order valence-corrected chi connectivity index (χ0v) is 16.6. The third kappa shape index (κ3) is 4.16. The second-order valence-corrected chi connectivity index (χ2v) is 7.06. The largest absolute Gasteiger partial charge is 0.305 e. The van der Waals surface area contributed by atoms with Crippen LogP contribution in [-0.4, -0.2) is 20.6 Å². The molecule has 0 atom stereocenters. The molecule has 0 aliphatic heterocycles. The SMILES string of the molecule is Cc1cc(C(=O)Nc2cc(C)n(Cc3c(Cl)cccc3Cl)n2)ccc1[N+](=O)[O-]. The van der Waals surface area contributed by atoms with Gasteiger partial charge in [0.05, 0.1) is 11.5 Å². The summed E-state index contributed by atoms with van der Waals surface area (Å²) in [7, 11) is 0. The summed E-state index contributed by atoms with van der Waals surface area (Å²) in [6, 6.07) is 11.2. The molecule has 28 heavy (non-hydrogen) atoms. The quantitative estimate of drug-likeness (QED) is 0.465. The maximum Gasteiger partial charge on any atom is 0.272 e. The predicted molar refractivity (Wildman–Crippen MR) is 108 cm³/mol. The predicted octanol–water partition coefficient (Wildman–Crippen LogP) is 5.02. The average Bonchev–Trinajstić information content (AvgIpc) is 2.96. The van der Waals surface area contributed by atoms with Crippen molar-refractivity contribution in [2.75, 3.05) is 5.32 Å². The Balaban J connectivity index is 1.79. The van der Waals surface area contributed by atoms with Gasteiger partial charge in [-0.05, 0) is 38.1 Å². The summed E-state index contributed by atoms with van der Waals surface area (Å²) in [5, 5.41) is 19.1. The van der Waals surface area contributed by atoms with Crippen LogP contribution >= 0.6 is 23.2 Å². The molecule has 0 unspecified atom stereocenters. The van der Waals surface area contributed by atoms with Crippen LogP contribution in [-0.2, 0) is 6.54 Å². The lowest BCUT2D eigenvalue weighted by atomic mass is 10.1. The smallest absolute Gasteiger partial charge is 0.272 e. The zero-order valence-electron chi connectivity index (χ0n) is 15.1. The Morgan fingerprint density at radius 1 is 1.18 bits per heavy atom. The Morgan fingerprint density at radius 2 is 1.86 bits per heavy atom. The van der Waals surface area contributed by atoms with Crippen molar-refractivity contribution in [1.29, 1.82) is 0 Å². The summed E-state index contributed by atoms with van der Waals surface area (Å²) < 4.78 is 1.68. The second kappa shape index (κ2) is 8.00. The van der Waals surface area contributed by atoms with Crippen LogP contribution in [0, 0.1) is 24.0 Å². The van der Waals surface area contributed by atoms with Gasteiger partial charge in [0.2, 0.25) is 0 Å². The third-order valence-electron chi connectivity index (χ3n) is 4.25. The van der Waals surface area contributed by atoms with Crippen LogP contribution in [0.1, 0.15) is 27.2 Å². The fourth-order valence-corrected chi connectivity index (χ4v) is 3.27. The number of aryl methyl sites for hydroxylation is 2. The van der Waals surface area contributed by atoms with Gasteiger partial charge in [-0.1, -0.05) is 29.3 Å². The molecule has 3 rings (SSSR count). The van der Waals surface area contributed by atoms with E-state index in [9.17, 15) is 14.9 Å². The molecule has 0 saturated heterocycles. The van der Waals surface area contributed by atoms with Crippen molar-refractivity contribution in [3.63, 3.8) is 0 Å². The van der Waals surface area contributed by atoms with Gasteiger partial charge in [0.25, 0.3) is 11.6 Å². The Hall–Kier alpha value is -2.90. The van der Waals surface area contributed by atoms with Gasteiger partial charge in [-0.15, -0.1) is 0 Å². The standard InChI is InChI=1S/C19H16Cl2N4O3/c1-11-8-13(6-7-17(11)25(27)28)19(26)22-18-9-12(2)24(23-18)10-14-15(20)4-3-5-16(14)21/h3-9H,10H2,1-2H3,(H,22,23,26). The highest BCUT2D eigenvalue weighted by Crippen LogP contribution is 2.26. The normalized spacial score (nSPS) is 10.7. The summed E-state index contributed by atoms with van der Waals surface area (Å²) in [6.45, 7) is 3.79. The van der Waals surface area contributed by atoms with Crippen molar-refractivity contribution < 1.29 is 9.72 Å². The van der Waals surface area contributed by atoms with Gasteiger partial charge in [-0.25, -0.2) is 0 Å². The summed E-state index contributed by atoms with van der Waals surface area (Å²) in [5.74, 6) is -0.0416. The molecule has 3 aromatic rings. The minimum absolute atomic E-state index is 0.0340. The van der Waals surface area contributed by atoms with Crippen molar-refractivity contribution in [3.8, 4) is 0 Å². The van der Waals surface area contributed by atoms with Crippen molar-refractivity contribution in [2.24, 2.45) is 0 Å². The maximum atomic E-state index is 12.5. The molecule has 9 heteroatoms. The van der Waals surface area contributed by atoms with Crippen LogP contribution < -0.4 is 5.32 Å². The fourth-order valence-electron chi connectivity index (χ4n) is 2.75. The molecule has 0 bridgehead atoms. The van der Waals surface area contributed by atoms with E-state index in [0.717, 1.165) is 11.3 Å². The highest BCUT2D eigenvalue weighted by atomic mass is 35.5. The summed E-state index contributed by atoms with van der Waals surface area (Å²) >= 11 is 12.4. The summed E-state index contributed by atoms with van der Waals surface area (Å²) in [6.07, 6.45) is 0. The molecule has 0 spiro atoms. The number of benzene rings is 2. The first-order chi connectivity index (χ1) is 13.3. The lowest BCUT2D eigenvalue weighted by molar-refractivity contribution is -0.385. The van der Waals surface area contributed by atoms with Crippen LogP contribution in [0.25, 0.3) is 0 Å². The van der Waals surface area contributed by atoms with Crippen molar-refractivity contribution in [3.05, 3.63) is 85.0 Å². The van der Waals surface area contributed by atoms with E-state index < -0.39 is 10.8 Å². The lowest BCUT2D eigenvalue weighted by Gasteiger charge is -2.08. The molecular formula is C19H16Cl2N4O3. The minimum Gasteiger partial charge on any atom is -0.305 e. The Morgan fingerprint density at radius 3 is 2.46 bits per heavy atom. The van der Waals surface area contributed by atoms with Gasteiger partial charge >= 0.3 is 0 Å². The first kappa shape index (κ1) is 19.9. The van der Waals surface area contributed by atoms with Crippen LogP contribution in [0.5, 0.6) is 0 Å². The van der Waals surface area contributed by atoms with Crippen molar-refractivity contribution in [1.82, 2.24) is 9.78 Å². The molecule has 7 nitrogen and oxygen atoms in total. The van der Waals surface area contributed by atoms with E-state index in [1.165, 1.54) is 18.2 Å². The third-order valence-corrected chi connectivity index (χ3v) is 4.96. The number of hydrogen-bond acceptors (Lipinski definition) is 4. The molecule has 0 saturated carbocycles. The number of rotatable bonds is 5. The van der Waals surface area contributed by atoms with Gasteiger partial charge in [-0.2, -0.15) is 5.10 Å². The number of nitro benzene ring substituents is 1. The van der Waals surface area contributed by atoms with Gasteiger partial charge in [-0.3, -0.25) is 19.6 Å². The molecule has 0 radical (unpaired) electrons. The van der Waals surface area contributed by atoms with Crippen LogP contribution in [0.3, 0.4) is 0 Å². The fraction of sp³-hybridized carbons (Fsp3) is 0.158. The molecule has 1 amide bonds. The Labute approximate surface area is 171 Å². The molecular weight excluding hydrogens is 403 g/mol. The molecule has 144 valence electrons.